The molecule has 0 fully saturated rings. The van der Waals surface area contributed by atoms with Gasteiger partial charge in [0.25, 0.3) is 7.82 Å². The van der Waals surface area contributed by atoms with Crippen LogP contribution in [-0.4, -0.2) is 70.0 Å². The van der Waals surface area contributed by atoms with E-state index in [4.69, 9.17) is 18.5 Å². The second-order valence-corrected chi connectivity index (χ2v) is 29.5. The van der Waals surface area contributed by atoms with Crippen LogP contribution in [0.5, 0.6) is 0 Å². The standard InChI is InChI=1S/C88H152NO8P/c1-6-8-10-12-14-16-18-20-22-24-26-28-30-32-34-36-38-40-42-44-46-48-50-52-54-56-58-60-62-64-66-68-70-72-74-76-78-80-87(90)94-84-86(85-96-98(92,93)95-83-82-89(3,4)5)97-88(91)81-79-77-75-73-71-69-67-65-63-61-59-57-55-53-51-49-47-45-43-41-39-37-35-33-31-29-27-25-23-21-19-17-15-13-11-9-7-2/h9,11,15,17-18,20-21,23-24,26-27,29-30,32-33,35,39,41,45,47,51,53,57,59,86H,6-8,10,12-14,16,19,22,25,28,31,34,36-38,40,42-44,46,48-50,52,54-56,58,60-85H2,1-5H3/b11-9-,17-15-,20-18-,23-21-,26-24-,29-27-,32-30-,35-33-,41-39-,47-45-,53-51-,59-57-. The molecule has 0 amide bonds. The van der Waals surface area contributed by atoms with Gasteiger partial charge in [0.1, 0.15) is 19.8 Å². The fourth-order valence-electron chi connectivity index (χ4n) is 11.2. The Morgan fingerprint density at radius 2 is 0.582 bits per heavy atom. The van der Waals surface area contributed by atoms with E-state index in [-0.39, 0.29) is 32.0 Å². The molecule has 0 radical (unpaired) electrons. The number of esters is 2. The fraction of sp³-hybridized carbons (Fsp3) is 0.705. The smallest absolute Gasteiger partial charge is 0.306 e. The Labute approximate surface area is 605 Å². The summed E-state index contributed by atoms with van der Waals surface area (Å²) in [5, 5.41) is 0. The minimum absolute atomic E-state index is 0.0370. The van der Waals surface area contributed by atoms with Gasteiger partial charge in [-0.05, 0) is 122 Å². The van der Waals surface area contributed by atoms with E-state index in [1.165, 1.54) is 199 Å². The van der Waals surface area contributed by atoms with Gasteiger partial charge in [-0.3, -0.25) is 14.2 Å². The molecule has 0 heterocycles. The van der Waals surface area contributed by atoms with Crippen LogP contribution in [0.3, 0.4) is 0 Å². The van der Waals surface area contributed by atoms with Crippen molar-refractivity contribution in [3.63, 3.8) is 0 Å². The molecule has 98 heavy (non-hydrogen) atoms. The first-order valence-electron chi connectivity index (χ1n) is 40.5. The van der Waals surface area contributed by atoms with E-state index < -0.39 is 26.5 Å². The van der Waals surface area contributed by atoms with E-state index in [2.05, 4.69) is 160 Å². The van der Waals surface area contributed by atoms with E-state index in [0.29, 0.717) is 17.4 Å². The number of phosphoric ester groups is 1. The van der Waals surface area contributed by atoms with Gasteiger partial charge in [0, 0.05) is 12.8 Å². The normalized spacial score (nSPS) is 13.8. The largest absolute Gasteiger partial charge is 0.756 e. The second kappa shape index (κ2) is 77.1. The molecule has 0 bridgehead atoms. The first kappa shape index (κ1) is 93.9. The third kappa shape index (κ3) is 80.9. The third-order valence-electron chi connectivity index (χ3n) is 17.3. The molecular formula is C88H152NO8P. The molecular weight excluding hydrogens is 1230 g/mol. The number of rotatable bonds is 74. The van der Waals surface area contributed by atoms with E-state index in [9.17, 15) is 19.0 Å². The summed E-state index contributed by atoms with van der Waals surface area (Å²) >= 11 is 0. The van der Waals surface area contributed by atoms with Crippen LogP contribution in [0, 0.1) is 0 Å². The number of likely N-dealkylation sites (N-methyl/N-ethyl adjacent to an activating group) is 1. The van der Waals surface area contributed by atoms with E-state index in [0.717, 1.165) is 116 Å². The zero-order valence-electron chi connectivity index (χ0n) is 64.2. The Kier molecular flexibility index (Phi) is 73.8. The van der Waals surface area contributed by atoms with Crippen molar-refractivity contribution < 1.29 is 42.1 Å². The number of carbonyl (C=O) groups excluding carboxylic acids is 2. The molecule has 0 aromatic carbocycles. The number of carbonyl (C=O) groups is 2. The van der Waals surface area contributed by atoms with Gasteiger partial charge in [-0.2, -0.15) is 0 Å². The summed E-state index contributed by atoms with van der Waals surface area (Å²) in [4.78, 5) is 38.2. The summed E-state index contributed by atoms with van der Waals surface area (Å²) in [7, 11) is 1.16. The molecule has 10 heteroatoms. The fourth-order valence-corrected chi connectivity index (χ4v) is 11.9. The lowest BCUT2D eigenvalue weighted by Gasteiger charge is -2.28. The molecule has 9 nitrogen and oxygen atoms in total. The van der Waals surface area contributed by atoms with Crippen LogP contribution in [0.4, 0.5) is 0 Å². The molecule has 2 atom stereocenters. The molecule has 562 valence electrons. The lowest BCUT2D eigenvalue weighted by molar-refractivity contribution is -0.870. The molecule has 0 aliphatic carbocycles. The topological polar surface area (TPSA) is 111 Å². The number of unbranched alkanes of at least 4 members (excludes halogenated alkanes) is 36. The highest BCUT2D eigenvalue weighted by molar-refractivity contribution is 7.45. The number of hydrogen-bond acceptors (Lipinski definition) is 8. The van der Waals surface area contributed by atoms with Gasteiger partial charge in [-0.1, -0.05) is 359 Å². The molecule has 0 aromatic rings. The van der Waals surface area contributed by atoms with Crippen LogP contribution in [0.1, 0.15) is 348 Å². The highest BCUT2D eigenvalue weighted by atomic mass is 31.2. The number of allylic oxidation sites excluding steroid dienone is 24. The van der Waals surface area contributed by atoms with Gasteiger partial charge in [-0.15, -0.1) is 0 Å². The van der Waals surface area contributed by atoms with Gasteiger partial charge in [0.05, 0.1) is 27.7 Å². The predicted octanol–water partition coefficient (Wildman–Crippen LogP) is 26.6. The van der Waals surface area contributed by atoms with Crippen molar-refractivity contribution in [1.29, 1.82) is 0 Å². The lowest BCUT2D eigenvalue weighted by atomic mass is 10.0. The quantitative estimate of drug-likeness (QED) is 0.0195. The molecule has 0 aliphatic rings. The average Bonchev–Trinajstić information content (AvgIpc) is 1.08. The first-order valence-corrected chi connectivity index (χ1v) is 42.0. The molecule has 0 saturated carbocycles. The van der Waals surface area contributed by atoms with Crippen LogP contribution in [0.15, 0.2) is 146 Å². The maximum Gasteiger partial charge on any atom is 0.306 e. The number of ether oxygens (including phenoxy) is 2. The minimum atomic E-state index is -4.66. The molecule has 0 saturated heterocycles. The van der Waals surface area contributed by atoms with Crippen LogP contribution >= 0.6 is 7.82 Å². The van der Waals surface area contributed by atoms with Gasteiger partial charge < -0.3 is 27.9 Å². The Morgan fingerprint density at radius 1 is 0.327 bits per heavy atom. The van der Waals surface area contributed by atoms with Crippen molar-refractivity contribution >= 4 is 19.8 Å². The Hall–Kier alpha value is -4.11. The van der Waals surface area contributed by atoms with Crippen LogP contribution < -0.4 is 4.89 Å². The molecule has 0 rings (SSSR count). The maximum atomic E-state index is 12.9. The summed E-state index contributed by atoms with van der Waals surface area (Å²) < 4.78 is 34.4. The number of quaternary nitrogens is 1. The Balaban J connectivity index is 4.01. The van der Waals surface area contributed by atoms with Crippen molar-refractivity contribution in [3.8, 4) is 0 Å². The highest BCUT2D eigenvalue weighted by Crippen LogP contribution is 2.38. The maximum absolute atomic E-state index is 12.9. The van der Waals surface area contributed by atoms with Crippen LogP contribution in [0.2, 0.25) is 0 Å². The van der Waals surface area contributed by atoms with Crippen molar-refractivity contribution in [2.45, 2.75) is 354 Å². The Morgan fingerprint density at radius 3 is 0.867 bits per heavy atom. The van der Waals surface area contributed by atoms with Gasteiger partial charge in [-0.25, -0.2) is 0 Å². The van der Waals surface area contributed by atoms with Crippen molar-refractivity contribution in [2.24, 2.45) is 0 Å². The molecule has 0 aliphatic heterocycles. The zero-order valence-corrected chi connectivity index (χ0v) is 65.1. The Bertz CT molecular complexity index is 2170. The van der Waals surface area contributed by atoms with Crippen molar-refractivity contribution in [2.75, 3.05) is 47.5 Å². The van der Waals surface area contributed by atoms with Crippen molar-refractivity contribution in [1.82, 2.24) is 0 Å². The highest BCUT2D eigenvalue weighted by Gasteiger charge is 2.22. The summed E-state index contributed by atoms with van der Waals surface area (Å²) in [6, 6.07) is 0. The summed E-state index contributed by atoms with van der Waals surface area (Å²) in [5.74, 6) is -0.835. The minimum Gasteiger partial charge on any atom is -0.756 e. The van der Waals surface area contributed by atoms with E-state index >= 15 is 0 Å². The first-order chi connectivity index (χ1) is 48.0. The number of hydrogen-bond donors (Lipinski definition) is 0. The van der Waals surface area contributed by atoms with Crippen LogP contribution in [0.25, 0.3) is 0 Å². The van der Waals surface area contributed by atoms with Crippen LogP contribution in [-0.2, 0) is 32.7 Å². The van der Waals surface area contributed by atoms with Crippen molar-refractivity contribution in [3.05, 3.63) is 146 Å². The molecule has 0 aromatic heterocycles. The predicted molar refractivity (Wildman–Crippen MR) is 424 cm³/mol. The van der Waals surface area contributed by atoms with E-state index in [1.54, 1.807) is 0 Å². The number of nitrogens with zero attached hydrogens (tertiary/aromatic N) is 1. The summed E-state index contributed by atoms with van der Waals surface area (Å²) in [6.07, 6.45) is 114. The van der Waals surface area contributed by atoms with Gasteiger partial charge >= 0.3 is 11.9 Å². The second-order valence-electron chi connectivity index (χ2n) is 28.0. The molecule has 0 N–H and O–H groups in total. The monoisotopic (exact) mass is 1380 g/mol. The average molecular weight is 1380 g/mol. The van der Waals surface area contributed by atoms with E-state index in [1.807, 2.05) is 21.1 Å². The zero-order chi connectivity index (χ0) is 71.1. The summed E-state index contributed by atoms with van der Waals surface area (Å²) in [6.45, 7) is 4.13. The number of phosphoric acid groups is 1. The SMILES string of the molecule is CC/C=C\C/C=C\C/C=C\C/C=C\C/C=C\C/C=C\C/C=C\C/C=C\C/C=C\CCCCCCCCCCCC(=O)OC(COC(=O)CCCCCCCCCCCCCCCCCCCCCCCC/C=C\C/C=C\C/C=C\CCCCCCC)COP(=O)([O-])OCC[N+](C)(C)C. The summed E-state index contributed by atoms with van der Waals surface area (Å²) in [5.41, 5.74) is 0. The molecule has 0 spiro atoms. The third-order valence-corrected chi connectivity index (χ3v) is 18.3. The van der Waals surface area contributed by atoms with Gasteiger partial charge in [0.15, 0.2) is 6.10 Å². The van der Waals surface area contributed by atoms with Gasteiger partial charge in [0.2, 0.25) is 0 Å². The molecule has 2 unspecified atom stereocenters. The lowest BCUT2D eigenvalue weighted by Crippen LogP contribution is -2.37.